The zero-order chi connectivity index (χ0) is 13.8. The van der Waals surface area contributed by atoms with Gasteiger partial charge in [0.1, 0.15) is 5.75 Å². The number of hydrogen-bond donors (Lipinski definition) is 1. The van der Waals surface area contributed by atoms with Crippen molar-refractivity contribution in [3.05, 3.63) is 24.0 Å². The fourth-order valence-electron chi connectivity index (χ4n) is 1.93. The Bertz CT molecular complexity index is 485. The third kappa shape index (κ3) is 3.21. The lowest BCUT2D eigenvalue weighted by Gasteiger charge is -2.22. The molecule has 0 radical (unpaired) electrons. The van der Waals surface area contributed by atoms with Gasteiger partial charge in [-0.2, -0.15) is 0 Å². The molecular weight excluding hydrogens is 248 g/mol. The van der Waals surface area contributed by atoms with Crippen molar-refractivity contribution < 1.29 is 19.4 Å². The number of aliphatic carboxylic acids is 1. The number of nitrogens with zero attached hydrogens (tertiary/aromatic N) is 2. The monoisotopic (exact) mass is 264 g/mol. The number of carbonyl (C=O) groups is 2. The van der Waals surface area contributed by atoms with Gasteiger partial charge in [-0.3, -0.25) is 14.6 Å². The fraction of sp³-hybridized carbons (Fsp3) is 0.462. The van der Waals surface area contributed by atoms with E-state index in [9.17, 15) is 9.59 Å². The Kier molecular flexibility index (Phi) is 3.99. The summed E-state index contributed by atoms with van der Waals surface area (Å²) in [6, 6.07) is 1.75. The lowest BCUT2D eigenvalue weighted by atomic mass is 10.2. The van der Waals surface area contributed by atoms with Gasteiger partial charge in [0, 0.05) is 18.8 Å². The SMILES string of the molecule is COc1cnccc1C(=O)N(CCC(=O)O)C1CC1. The topological polar surface area (TPSA) is 79.7 Å². The highest BCUT2D eigenvalue weighted by atomic mass is 16.5. The van der Waals surface area contributed by atoms with Crippen LogP contribution in [-0.4, -0.2) is 46.6 Å². The Labute approximate surface area is 111 Å². The molecule has 1 N–H and O–H groups in total. The van der Waals surface area contributed by atoms with Crippen molar-refractivity contribution in [2.24, 2.45) is 0 Å². The van der Waals surface area contributed by atoms with Crippen LogP contribution in [0.3, 0.4) is 0 Å². The van der Waals surface area contributed by atoms with Gasteiger partial charge in [-0.15, -0.1) is 0 Å². The summed E-state index contributed by atoms with van der Waals surface area (Å²) >= 11 is 0. The minimum Gasteiger partial charge on any atom is -0.494 e. The first kappa shape index (κ1) is 13.3. The van der Waals surface area contributed by atoms with Crippen LogP contribution in [0, 0.1) is 0 Å². The Morgan fingerprint density at radius 3 is 2.84 bits per heavy atom. The summed E-state index contributed by atoms with van der Waals surface area (Å²) in [6.07, 6.45) is 4.82. The van der Waals surface area contributed by atoms with Crippen LogP contribution in [0.25, 0.3) is 0 Å². The van der Waals surface area contributed by atoms with Crippen molar-refractivity contribution in [1.82, 2.24) is 9.88 Å². The van der Waals surface area contributed by atoms with Gasteiger partial charge in [-0.1, -0.05) is 0 Å². The highest BCUT2D eigenvalue weighted by Crippen LogP contribution is 2.30. The number of amides is 1. The van der Waals surface area contributed by atoms with Crippen molar-refractivity contribution in [2.75, 3.05) is 13.7 Å². The van der Waals surface area contributed by atoms with Crippen LogP contribution < -0.4 is 4.74 Å². The third-order valence-corrected chi connectivity index (χ3v) is 3.05. The molecule has 0 bridgehead atoms. The number of pyridine rings is 1. The van der Waals surface area contributed by atoms with E-state index in [2.05, 4.69) is 4.98 Å². The van der Waals surface area contributed by atoms with Gasteiger partial charge < -0.3 is 14.7 Å². The van der Waals surface area contributed by atoms with Crippen LogP contribution in [0.1, 0.15) is 29.6 Å². The van der Waals surface area contributed by atoms with Gasteiger partial charge in [0.05, 0.1) is 25.3 Å². The first-order valence-corrected chi connectivity index (χ1v) is 6.14. The molecule has 1 aliphatic carbocycles. The van der Waals surface area contributed by atoms with Crippen molar-refractivity contribution in [3.63, 3.8) is 0 Å². The average Bonchev–Trinajstić information content (AvgIpc) is 3.23. The molecule has 19 heavy (non-hydrogen) atoms. The van der Waals surface area contributed by atoms with Crippen LogP contribution in [0.2, 0.25) is 0 Å². The van der Waals surface area contributed by atoms with Crippen molar-refractivity contribution in [2.45, 2.75) is 25.3 Å². The summed E-state index contributed by atoms with van der Waals surface area (Å²) < 4.78 is 5.12. The molecule has 0 aromatic carbocycles. The maximum Gasteiger partial charge on any atom is 0.305 e. The lowest BCUT2D eigenvalue weighted by Crippen LogP contribution is -2.35. The molecule has 1 aromatic heterocycles. The largest absolute Gasteiger partial charge is 0.494 e. The Hall–Kier alpha value is -2.11. The summed E-state index contributed by atoms with van der Waals surface area (Å²) in [7, 11) is 1.48. The number of carboxylic acids is 1. The van der Waals surface area contributed by atoms with E-state index in [1.807, 2.05) is 0 Å². The first-order valence-electron chi connectivity index (χ1n) is 6.14. The molecule has 6 heteroatoms. The van der Waals surface area contributed by atoms with Crippen molar-refractivity contribution in [1.29, 1.82) is 0 Å². The van der Waals surface area contributed by atoms with Gasteiger partial charge in [0.15, 0.2) is 0 Å². The maximum atomic E-state index is 12.4. The Balaban J connectivity index is 2.16. The van der Waals surface area contributed by atoms with E-state index in [1.165, 1.54) is 19.5 Å². The molecule has 102 valence electrons. The van der Waals surface area contributed by atoms with E-state index in [4.69, 9.17) is 9.84 Å². The molecule has 0 unspecified atom stereocenters. The van der Waals surface area contributed by atoms with E-state index in [0.717, 1.165) is 12.8 Å². The van der Waals surface area contributed by atoms with Gasteiger partial charge >= 0.3 is 5.97 Å². The number of rotatable bonds is 6. The van der Waals surface area contributed by atoms with E-state index in [0.29, 0.717) is 11.3 Å². The van der Waals surface area contributed by atoms with Crippen LogP contribution in [0.5, 0.6) is 5.75 Å². The highest BCUT2D eigenvalue weighted by molar-refractivity contribution is 5.97. The number of hydrogen-bond acceptors (Lipinski definition) is 4. The Morgan fingerprint density at radius 1 is 1.53 bits per heavy atom. The fourth-order valence-corrected chi connectivity index (χ4v) is 1.93. The van der Waals surface area contributed by atoms with Gasteiger partial charge in [0.25, 0.3) is 5.91 Å². The van der Waals surface area contributed by atoms with Crippen LogP contribution in [0.15, 0.2) is 18.5 Å². The zero-order valence-electron chi connectivity index (χ0n) is 10.7. The maximum absolute atomic E-state index is 12.4. The summed E-state index contributed by atoms with van der Waals surface area (Å²) in [4.78, 5) is 28.6. The molecule has 1 fully saturated rings. The van der Waals surface area contributed by atoms with Crippen LogP contribution >= 0.6 is 0 Å². The number of ether oxygens (including phenoxy) is 1. The molecule has 0 saturated heterocycles. The molecule has 1 aliphatic rings. The zero-order valence-corrected chi connectivity index (χ0v) is 10.7. The number of carboxylic acid groups (broad SMARTS) is 1. The number of aromatic nitrogens is 1. The second-order valence-corrected chi connectivity index (χ2v) is 4.45. The molecule has 0 aliphatic heterocycles. The number of methoxy groups -OCH3 is 1. The van der Waals surface area contributed by atoms with E-state index in [1.54, 1.807) is 11.0 Å². The smallest absolute Gasteiger partial charge is 0.305 e. The summed E-state index contributed by atoms with van der Waals surface area (Å²) in [5.41, 5.74) is 0.426. The van der Waals surface area contributed by atoms with E-state index in [-0.39, 0.29) is 24.9 Å². The number of carbonyl (C=O) groups excluding carboxylic acids is 1. The minimum atomic E-state index is -0.903. The molecule has 1 amide bonds. The molecular formula is C13H16N2O4. The predicted molar refractivity (Wildman–Crippen MR) is 67.1 cm³/mol. The van der Waals surface area contributed by atoms with Gasteiger partial charge in [0.2, 0.25) is 0 Å². The third-order valence-electron chi connectivity index (χ3n) is 3.05. The van der Waals surface area contributed by atoms with Gasteiger partial charge in [-0.25, -0.2) is 0 Å². The molecule has 6 nitrogen and oxygen atoms in total. The van der Waals surface area contributed by atoms with Crippen LogP contribution in [0.4, 0.5) is 0 Å². The lowest BCUT2D eigenvalue weighted by molar-refractivity contribution is -0.137. The quantitative estimate of drug-likeness (QED) is 0.834. The highest BCUT2D eigenvalue weighted by Gasteiger charge is 2.34. The second-order valence-electron chi connectivity index (χ2n) is 4.45. The summed E-state index contributed by atoms with van der Waals surface area (Å²) in [5, 5.41) is 8.75. The van der Waals surface area contributed by atoms with Crippen LogP contribution in [-0.2, 0) is 4.79 Å². The second kappa shape index (κ2) is 5.69. The predicted octanol–water partition coefficient (Wildman–Crippen LogP) is 1.17. The average molecular weight is 264 g/mol. The Morgan fingerprint density at radius 2 is 2.26 bits per heavy atom. The van der Waals surface area contributed by atoms with E-state index >= 15 is 0 Å². The molecule has 1 saturated carbocycles. The minimum absolute atomic E-state index is 0.0460. The molecule has 0 atom stereocenters. The normalized spacial score (nSPS) is 13.9. The summed E-state index contributed by atoms with van der Waals surface area (Å²) in [5.74, 6) is -0.684. The molecule has 2 rings (SSSR count). The molecule has 1 heterocycles. The summed E-state index contributed by atoms with van der Waals surface area (Å²) in [6.45, 7) is 0.226. The van der Waals surface area contributed by atoms with E-state index < -0.39 is 5.97 Å². The first-order chi connectivity index (χ1) is 9.13. The molecule has 1 aromatic rings. The molecule has 0 spiro atoms. The van der Waals surface area contributed by atoms with Crippen molar-refractivity contribution in [3.8, 4) is 5.75 Å². The van der Waals surface area contributed by atoms with Gasteiger partial charge in [-0.05, 0) is 18.9 Å². The standard InChI is InChI=1S/C13H16N2O4/c1-19-11-8-14-6-4-10(11)13(18)15(9-2-3-9)7-5-12(16)17/h4,6,8-9H,2-3,5,7H2,1H3,(H,16,17). The van der Waals surface area contributed by atoms with Crippen molar-refractivity contribution >= 4 is 11.9 Å².